The van der Waals surface area contributed by atoms with E-state index in [2.05, 4.69) is 16.4 Å². The van der Waals surface area contributed by atoms with E-state index >= 15 is 0 Å². The molecule has 0 bridgehead atoms. The van der Waals surface area contributed by atoms with Crippen LogP contribution >= 0.6 is 0 Å². The summed E-state index contributed by atoms with van der Waals surface area (Å²) >= 11 is 0. The fourth-order valence-corrected chi connectivity index (χ4v) is 5.01. The van der Waals surface area contributed by atoms with Gasteiger partial charge in [-0.1, -0.05) is 29.8 Å². The van der Waals surface area contributed by atoms with Gasteiger partial charge in [0.25, 0.3) is 5.91 Å². The number of amides is 2. The number of carbonyl (C=O) groups is 2. The number of nitrogens with zero attached hydrogens (tertiary/aromatic N) is 3. The topological polar surface area (TPSA) is 85.7 Å². The zero-order valence-corrected chi connectivity index (χ0v) is 21.0. The number of carbonyl (C=O) groups excluding carboxylic acids is 2. The Labute approximate surface area is 211 Å². The summed E-state index contributed by atoms with van der Waals surface area (Å²) in [6, 6.07) is 13.8. The molecule has 8 heteroatoms. The van der Waals surface area contributed by atoms with Crippen LogP contribution in [-0.4, -0.2) is 46.5 Å². The highest BCUT2D eigenvalue weighted by Crippen LogP contribution is 2.30. The minimum atomic E-state index is -0.112. The molecule has 3 heterocycles. The van der Waals surface area contributed by atoms with Crippen molar-refractivity contribution in [1.82, 2.24) is 14.5 Å². The van der Waals surface area contributed by atoms with Crippen molar-refractivity contribution >= 4 is 17.5 Å². The summed E-state index contributed by atoms with van der Waals surface area (Å²) in [5.41, 5.74) is 5.38. The van der Waals surface area contributed by atoms with Crippen LogP contribution < -0.4 is 10.1 Å². The molecule has 36 heavy (non-hydrogen) atoms. The number of benzene rings is 2. The first-order chi connectivity index (χ1) is 17.4. The van der Waals surface area contributed by atoms with Crippen LogP contribution in [0.2, 0.25) is 0 Å². The molecule has 2 aliphatic heterocycles. The minimum Gasteiger partial charge on any atom is -0.497 e. The Kier molecular flexibility index (Phi) is 6.78. The molecule has 0 saturated carbocycles. The number of piperidine rings is 1. The van der Waals surface area contributed by atoms with Crippen molar-refractivity contribution in [1.29, 1.82) is 0 Å². The van der Waals surface area contributed by atoms with Crippen molar-refractivity contribution in [3.63, 3.8) is 0 Å². The van der Waals surface area contributed by atoms with Gasteiger partial charge in [-0.15, -0.1) is 0 Å². The molecule has 2 aromatic carbocycles. The van der Waals surface area contributed by atoms with E-state index in [1.54, 1.807) is 18.3 Å². The van der Waals surface area contributed by atoms with E-state index < -0.39 is 0 Å². The standard InChI is InChI=1S/C28H32N4O4/c1-18-4-9-23(19(2)14-18)30-27(33)21-10-12-31(13-11-21)28(34)26-24-16-36-25(15-32(24)17-29-26)20-5-7-22(35-3)8-6-20/h4-9,14,17,21,25H,10-13,15-16H2,1-3H3,(H,30,33). The summed E-state index contributed by atoms with van der Waals surface area (Å²) in [6.45, 7) is 6.03. The Bertz CT molecular complexity index is 1260. The van der Waals surface area contributed by atoms with Crippen LogP contribution in [-0.2, 0) is 22.7 Å². The quantitative estimate of drug-likeness (QED) is 0.580. The third-order valence-corrected chi connectivity index (χ3v) is 7.21. The highest BCUT2D eigenvalue weighted by atomic mass is 16.5. The molecule has 1 fully saturated rings. The zero-order valence-electron chi connectivity index (χ0n) is 21.0. The lowest BCUT2D eigenvalue weighted by molar-refractivity contribution is -0.121. The summed E-state index contributed by atoms with van der Waals surface area (Å²) in [6.07, 6.45) is 2.89. The van der Waals surface area contributed by atoms with E-state index in [0.29, 0.717) is 44.8 Å². The number of ether oxygens (including phenoxy) is 2. The molecule has 1 N–H and O–H groups in total. The largest absolute Gasteiger partial charge is 0.497 e. The van der Waals surface area contributed by atoms with Crippen molar-refractivity contribution in [3.05, 3.63) is 76.9 Å². The smallest absolute Gasteiger partial charge is 0.274 e. The van der Waals surface area contributed by atoms with Crippen LogP contribution in [0.3, 0.4) is 0 Å². The minimum absolute atomic E-state index is 0.0198. The molecule has 3 aromatic rings. The summed E-state index contributed by atoms with van der Waals surface area (Å²) in [5, 5.41) is 3.06. The Morgan fingerprint density at radius 2 is 1.83 bits per heavy atom. The SMILES string of the molecule is COc1ccc(C2Cn3cnc(C(=O)N4CCC(C(=O)Nc5ccc(C)cc5C)CC4)c3CO2)cc1. The van der Waals surface area contributed by atoms with Gasteiger partial charge >= 0.3 is 0 Å². The van der Waals surface area contributed by atoms with E-state index in [9.17, 15) is 9.59 Å². The molecule has 0 spiro atoms. The molecular weight excluding hydrogens is 456 g/mol. The Morgan fingerprint density at radius 1 is 1.08 bits per heavy atom. The molecule has 2 amide bonds. The van der Waals surface area contributed by atoms with Crippen LogP contribution in [0.1, 0.15) is 51.8 Å². The number of likely N-dealkylation sites (tertiary alicyclic amines) is 1. The first-order valence-electron chi connectivity index (χ1n) is 12.4. The molecule has 5 rings (SSSR count). The average Bonchev–Trinajstić information content (AvgIpc) is 3.33. The molecule has 1 aromatic heterocycles. The highest BCUT2D eigenvalue weighted by molar-refractivity contribution is 5.95. The number of aryl methyl sites for hydroxylation is 2. The fraction of sp³-hybridized carbons (Fsp3) is 0.393. The van der Waals surface area contributed by atoms with Gasteiger partial charge in [0.05, 0.1) is 32.3 Å². The molecule has 188 valence electrons. The fourth-order valence-electron chi connectivity index (χ4n) is 5.01. The van der Waals surface area contributed by atoms with Crippen molar-refractivity contribution < 1.29 is 19.1 Å². The van der Waals surface area contributed by atoms with E-state index in [0.717, 1.165) is 28.3 Å². The van der Waals surface area contributed by atoms with Crippen molar-refractivity contribution in [2.75, 3.05) is 25.5 Å². The Morgan fingerprint density at radius 3 is 2.53 bits per heavy atom. The lowest BCUT2D eigenvalue weighted by Gasteiger charge is -2.31. The molecule has 1 atom stereocenters. The van der Waals surface area contributed by atoms with E-state index in [1.807, 2.05) is 54.8 Å². The van der Waals surface area contributed by atoms with Gasteiger partial charge in [-0.05, 0) is 56.0 Å². The molecule has 8 nitrogen and oxygen atoms in total. The van der Waals surface area contributed by atoms with E-state index in [-0.39, 0.29) is 23.8 Å². The van der Waals surface area contributed by atoms with Crippen molar-refractivity contribution in [2.24, 2.45) is 5.92 Å². The summed E-state index contributed by atoms with van der Waals surface area (Å²) < 4.78 is 13.3. The lowest BCUT2D eigenvalue weighted by atomic mass is 9.95. The zero-order chi connectivity index (χ0) is 25.2. The maximum absolute atomic E-state index is 13.3. The number of hydrogen-bond donors (Lipinski definition) is 1. The summed E-state index contributed by atoms with van der Waals surface area (Å²) in [4.78, 5) is 32.4. The number of rotatable bonds is 5. The number of aromatic nitrogens is 2. The number of methoxy groups -OCH3 is 1. The monoisotopic (exact) mass is 488 g/mol. The number of imidazole rings is 1. The summed E-state index contributed by atoms with van der Waals surface area (Å²) in [7, 11) is 1.64. The first-order valence-corrected chi connectivity index (χ1v) is 12.4. The van der Waals surface area contributed by atoms with Gasteiger partial charge in [0.1, 0.15) is 11.9 Å². The highest BCUT2D eigenvalue weighted by Gasteiger charge is 2.32. The number of hydrogen-bond acceptors (Lipinski definition) is 5. The Balaban J connectivity index is 1.18. The second-order valence-electron chi connectivity index (χ2n) is 9.64. The third-order valence-electron chi connectivity index (χ3n) is 7.21. The molecule has 0 aliphatic carbocycles. The van der Waals surface area contributed by atoms with Gasteiger partial charge in [-0.3, -0.25) is 9.59 Å². The van der Waals surface area contributed by atoms with E-state index in [1.165, 1.54) is 5.56 Å². The molecule has 0 radical (unpaired) electrons. The number of nitrogens with one attached hydrogen (secondary N) is 1. The normalized spacial score (nSPS) is 18.0. The van der Waals surface area contributed by atoms with Crippen LogP contribution in [0, 0.1) is 19.8 Å². The number of anilines is 1. The molecule has 1 unspecified atom stereocenters. The lowest BCUT2D eigenvalue weighted by Crippen LogP contribution is -2.42. The second kappa shape index (κ2) is 10.1. The number of fused-ring (bicyclic) bond motifs is 1. The van der Waals surface area contributed by atoms with Crippen LogP contribution in [0.5, 0.6) is 5.75 Å². The van der Waals surface area contributed by atoms with Crippen molar-refractivity contribution in [2.45, 2.75) is 45.9 Å². The molecule has 2 aliphatic rings. The predicted octanol–water partition coefficient (Wildman–Crippen LogP) is 4.27. The first kappa shape index (κ1) is 24.1. The maximum atomic E-state index is 13.3. The summed E-state index contributed by atoms with van der Waals surface area (Å²) in [5.74, 6) is 0.617. The Hall–Kier alpha value is -3.65. The van der Waals surface area contributed by atoms with Gasteiger partial charge < -0.3 is 24.3 Å². The van der Waals surface area contributed by atoms with Crippen molar-refractivity contribution in [3.8, 4) is 5.75 Å². The van der Waals surface area contributed by atoms with Crippen LogP contribution in [0.15, 0.2) is 48.8 Å². The average molecular weight is 489 g/mol. The molecular formula is C28H32N4O4. The maximum Gasteiger partial charge on any atom is 0.274 e. The van der Waals surface area contributed by atoms with Gasteiger partial charge in [0.2, 0.25) is 5.91 Å². The van der Waals surface area contributed by atoms with E-state index in [4.69, 9.17) is 9.47 Å². The van der Waals surface area contributed by atoms with Gasteiger partial charge in [-0.2, -0.15) is 0 Å². The third kappa shape index (κ3) is 4.86. The predicted molar refractivity (Wildman–Crippen MR) is 136 cm³/mol. The van der Waals surface area contributed by atoms with Crippen LogP contribution in [0.4, 0.5) is 5.69 Å². The second-order valence-corrected chi connectivity index (χ2v) is 9.64. The molecule has 1 saturated heterocycles. The van der Waals surface area contributed by atoms with Crippen LogP contribution in [0.25, 0.3) is 0 Å². The van der Waals surface area contributed by atoms with Gasteiger partial charge in [-0.25, -0.2) is 4.98 Å². The van der Waals surface area contributed by atoms with Gasteiger partial charge in [0.15, 0.2) is 5.69 Å². The van der Waals surface area contributed by atoms with Gasteiger partial charge in [0, 0.05) is 24.7 Å².